The second kappa shape index (κ2) is 4.81. The molecule has 0 aromatic heterocycles. The SMILES string of the molecule is O=C(O)[C@H]1Cc2ccccc2N1C(=O)c1ccccc1. The number of hydrogen-bond acceptors (Lipinski definition) is 2. The molecule has 0 saturated carbocycles. The summed E-state index contributed by atoms with van der Waals surface area (Å²) < 4.78 is 0. The van der Waals surface area contributed by atoms with Gasteiger partial charge in [-0.1, -0.05) is 36.4 Å². The average molecular weight is 267 g/mol. The van der Waals surface area contributed by atoms with Gasteiger partial charge < -0.3 is 5.11 Å². The molecule has 2 aromatic carbocycles. The Bertz CT molecular complexity index is 666. The average Bonchev–Trinajstić information content (AvgIpc) is 2.87. The zero-order valence-corrected chi connectivity index (χ0v) is 10.7. The minimum atomic E-state index is -0.981. The van der Waals surface area contributed by atoms with E-state index in [4.69, 9.17) is 0 Å². The van der Waals surface area contributed by atoms with Crippen LogP contribution in [0.5, 0.6) is 0 Å². The van der Waals surface area contributed by atoms with Crippen molar-refractivity contribution in [3.63, 3.8) is 0 Å². The lowest BCUT2D eigenvalue weighted by Gasteiger charge is -2.22. The summed E-state index contributed by atoms with van der Waals surface area (Å²) in [5.41, 5.74) is 2.08. The van der Waals surface area contributed by atoms with Crippen LogP contribution in [-0.4, -0.2) is 23.0 Å². The van der Waals surface area contributed by atoms with E-state index >= 15 is 0 Å². The van der Waals surface area contributed by atoms with E-state index in [0.29, 0.717) is 17.7 Å². The first-order valence-electron chi connectivity index (χ1n) is 6.38. The third-order valence-corrected chi connectivity index (χ3v) is 3.50. The van der Waals surface area contributed by atoms with Crippen LogP contribution in [0, 0.1) is 0 Å². The van der Waals surface area contributed by atoms with Gasteiger partial charge in [0, 0.05) is 17.7 Å². The minimum absolute atomic E-state index is 0.275. The van der Waals surface area contributed by atoms with Crippen LogP contribution in [0.25, 0.3) is 0 Å². The topological polar surface area (TPSA) is 57.6 Å². The van der Waals surface area contributed by atoms with E-state index in [1.165, 1.54) is 4.90 Å². The molecule has 1 heterocycles. The predicted molar refractivity (Wildman–Crippen MR) is 74.8 cm³/mol. The molecule has 4 nitrogen and oxygen atoms in total. The standard InChI is InChI=1S/C16H13NO3/c18-15(11-6-2-1-3-7-11)17-13-9-5-4-8-12(13)10-14(17)16(19)20/h1-9,14H,10H2,(H,19,20)/t14-/m1/s1. The quantitative estimate of drug-likeness (QED) is 0.908. The summed E-state index contributed by atoms with van der Waals surface area (Å²) in [6.07, 6.45) is 0.351. The highest BCUT2D eigenvalue weighted by Gasteiger charge is 2.38. The Balaban J connectivity index is 2.05. The zero-order chi connectivity index (χ0) is 14.1. The van der Waals surface area contributed by atoms with Crippen molar-refractivity contribution >= 4 is 17.6 Å². The molecule has 3 rings (SSSR count). The number of benzene rings is 2. The highest BCUT2D eigenvalue weighted by Crippen LogP contribution is 2.33. The van der Waals surface area contributed by atoms with Crippen LogP contribution in [0.15, 0.2) is 54.6 Å². The Labute approximate surface area is 116 Å². The van der Waals surface area contributed by atoms with Crippen LogP contribution in [0.4, 0.5) is 5.69 Å². The summed E-state index contributed by atoms with van der Waals surface area (Å²) >= 11 is 0. The summed E-state index contributed by atoms with van der Waals surface area (Å²) in [6, 6.07) is 15.2. The Hall–Kier alpha value is -2.62. The molecule has 0 saturated heterocycles. The molecule has 0 unspecified atom stereocenters. The number of anilines is 1. The van der Waals surface area contributed by atoms with Gasteiger partial charge in [-0.05, 0) is 23.8 Å². The molecule has 2 aromatic rings. The predicted octanol–water partition coefficient (Wildman–Crippen LogP) is 2.34. The second-order valence-corrected chi connectivity index (χ2v) is 4.73. The number of carboxylic acid groups (broad SMARTS) is 1. The maximum atomic E-state index is 12.6. The zero-order valence-electron chi connectivity index (χ0n) is 10.7. The number of carbonyl (C=O) groups excluding carboxylic acids is 1. The third kappa shape index (κ3) is 1.95. The molecule has 0 radical (unpaired) electrons. The fourth-order valence-electron chi connectivity index (χ4n) is 2.55. The number of carboxylic acids is 1. The Morgan fingerprint density at radius 2 is 1.65 bits per heavy atom. The summed E-state index contributed by atoms with van der Waals surface area (Å²) in [5, 5.41) is 9.36. The number of amides is 1. The van der Waals surface area contributed by atoms with Gasteiger partial charge in [0.1, 0.15) is 6.04 Å². The first-order valence-corrected chi connectivity index (χ1v) is 6.38. The molecular weight excluding hydrogens is 254 g/mol. The monoisotopic (exact) mass is 267 g/mol. The van der Waals surface area contributed by atoms with Gasteiger partial charge in [-0.15, -0.1) is 0 Å². The normalized spacial score (nSPS) is 16.8. The van der Waals surface area contributed by atoms with Crippen LogP contribution in [0.1, 0.15) is 15.9 Å². The molecule has 0 bridgehead atoms. The molecule has 0 spiro atoms. The second-order valence-electron chi connectivity index (χ2n) is 4.73. The number of rotatable bonds is 2. The lowest BCUT2D eigenvalue weighted by molar-refractivity contribution is -0.138. The van der Waals surface area contributed by atoms with Crippen molar-refractivity contribution in [3.05, 3.63) is 65.7 Å². The van der Waals surface area contributed by atoms with E-state index in [9.17, 15) is 14.7 Å². The molecule has 1 atom stereocenters. The summed E-state index contributed by atoms with van der Waals surface area (Å²) in [5.74, 6) is -1.26. The van der Waals surface area contributed by atoms with Crippen molar-refractivity contribution in [1.82, 2.24) is 0 Å². The van der Waals surface area contributed by atoms with Gasteiger partial charge in [0.2, 0.25) is 0 Å². The van der Waals surface area contributed by atoms with Crippen molar-refractivity contribution in [2.45, 2.75) is 12.5 Å². The summed E-state index contributed by atoms with van der Waals surface area (Å²) in [4.78, 5) is 25.4. The van der Waals surface area contributed by atoms with Gasteiger partial charge in [-0.25, -0.2) is 4.79 Å². The minimum Gasteiger partial charge on any atom is -0.480 e. The van der Waals surface area contributed by atoms with Crippen molar-refractivity contribution in [3.8, 4) is 0 Å². The molecule has 20 heavy (non-hydrogen) atoms. The number of carbonyl (C=O) groups is 2. The first-order chi connectivity index (χ1) is 9.68. The lowest BCUT2D eigenvalue weighted by atomic mass is 10.1. The molecular formula is C16H13NO3. The van der Waals surface area contributed by atoms with Gasteiger partial charge in [-0.3, -0.25) is 9.69 Å². The Morgan fingerprint density at radius 3 is 2.35 bits per heavy atom. The van der Waals surface area contributed by atoms with E-state index in [-0.39, 0.29) is 5.91 Å². The number of aliphatic carboxylic acids is 1. The van der Waals surface area contributed by atoms with E-state index in [1.54, 1.807) is 30.3 Å². The highest BCUT2D eigenvalue weighted by atomic mass is 16.4. The van der Waals surface area contributed by atoms with Crippen molar-refractivity contribution in [2.24, 2.45) is 0 Å². The van der Waals surface area contributed by atoms with Gasteiger partial charge in [0.25, 0.3) is 5.91 Å². The van der Waals surface area contributed by atoms with Crippen LogP contribution in [0.3, 0.4) is 0 Å². The molecule has 1 amide bonds. The number of para-hydroxylation sites is 1. The Kier molecular flexibility index (Phi) is 2.99. The molecule has 100 valence electrons. The van der Waals surface area contributed by atoms with Gasteiger partial charge in [0.15, 0.2) is 0 Å². The summed E-state index contributed by atoms with van der Waals surface area (Å²) in [7, 11) is 0. The smallest absolute Gasteiger partial charge is 0.327 e. The van der Waals surface area contributed by atoms with E-state index in [0.717, 1.165) is 5.56 Å². The maximum absolute atomic E-state index is 12.6. The molecule has 1 aliphatic rings. The fraction of sp³-hybridized carbons (Fsp3) is 0.125. The third-order valence-electron chi connectivity index (χ3n) is 3.50. The number of nitrogens with zero attached hydrogens (tertiary/aromatic N) is 1. The highest BCUT2D eigenvalue weighted by molar-refractivity contribution is 6.10. The van der Waals surface area contributed by atoms with Crippen LogP contribution < -0.4 is 4.90 Å². The molecule has 4 heteroatoms. The maximum Gasteiger partial charge on any atom is 0.327 e. The van der Waals surface area contributed by atoms with E-state index in [1.807, 2.05) is 24.3 Å². The van der Waals surface area contributed by atoms with E-state index < -0.39 is 12.0 Å². The molecule has 0 aliphatic carbocycles. The molecule has 1 N–H and O–H groups in total. The van der Waals surface area contributed by atoms with Gasteiger partial charge in [-0.2, -0.15) is 0 Å². The van der Waals surface area contributed by atoms with Crippen LogP contribution in [0.2, 0.25) is 0 Å². The van der Waals surface area contributed by atoms with Crippen molar-refractivity contribution in [1.29, 1.82) is 0 Å². The van der Waals surface area contributed by atoms with Crippen molar-refractivity contribution < 1.29 is 14.7 Å². The fourth-order valence-corrected chi connectivity index (χ4v) is 2.55. The van der Waals surface area contributed by atoms with E-state index in [2.05, 4.69) is 0 Å². The van der Waals surface area contributed by atoms with Gasteiger partial charge >= 0.3 is 5.97 Å². The van der Waals surface area contributed by atoms with Crippen molar-refractivity contribution in [2.75, 3.05) is 4.90 Å². The number of fused-ring (bicyclic) bond motifs is 1. The first kappa shape index (κ1) is 12.4. The molecule has 0 fully saturated rings. The van der Waals surface area contributed by atoms with Gasteiger partial charge in [0.05, 0.1) is 0 Å². The largest absolute Gasteiger partial charge is 0.480 e. The Morgan fingerprint density at radius 1 is 1.00 bits per heavy atom. The number of hydrogen-bond donors (Lipinski definition) is 1. The summed E-state index contributed by atoms with van der Waals surface area (Å²) in [6.45, 7) is 0. The van der Waals surface area contributed by atoms with Crippen LogP contribution >= 0.6 is 0 Å². The van der Waals surface area contributed by atoms with Crippen LogP contribution in [-0.2, 0) is 11.2 Å². The molecule has 1 aliphatic heterocycles. The lowest BCUT2D eigenvalue weighted by Crippen LogP contribution is -2.42.